The number of carbonyl (C=O) groups is 1. The van der Waals surface area contributed by atoms with Gasteiger partial charge < -0.3 is 0 Å². The van der Waals surface area contributed by atoms with Crippen molar-refractivity contribution in [2.45, 2.75) is 43.5 Å². The molecule has 0 aromatic rings. The van der Waals surface area contributed by atoms with E-state index in [9.17, 15) is 18.0 Å². The van der Waals surface area contributed by atoms with Crippen LogP contribution in [-0.4, -0.2) is 22.4 Å². The Labute approximate surface area is 107 Å². The molecule has 6 heteroatoms. The van der Waals surface area contributed by atoms with Crippen LogP contribution in [0.4, 0.5) is 13.2 Å². The number of fused-ring (bicyclic) bond motifs is 2. The number of thioether (sulfide) groups is 1. The second kappa shape index (κ2) is 4.25. The maximum Gasteiger partial charge on any atom is 0.409 e. The van der Waals surface area contributed by atoms with Crippen molar-refractivity contribution in [2.24, 2.45) is 22.7 Å². The number of halogens is 3. The van der Waals surface area contributed by atoms with Crippen LogP contribution >= 0.6 is 11.8 Å². The molecule has 2 saturated carbocycles. The zero-order valence-corrected chi connectivity index (χ0v) is 10.6. The molecule has 1 amide bonds. The number of hydrogen-bond donors (Lipinski definition) is 0. The molecule has 0 aromatic heterocycles. The average molecular weight is 277 g/mol. The molecule has 0 aromatic carbocycles. The number of rotatable bonds is 2. The van der Waals surface area contributed by atoms with Crippen molar-refractivity contribution in [3.63, 3.8) is 0 Å². The Morgan fingerprint density at radius 1 is 1.28 bits per heavy atom. The molecular formula is C12H14F3NOS. The Hall–Kier alpha value is -0.520. The summed E-state index contributed by atoms with van der Waals surface area (Å²) in [6, 6.07) is 0. The third kappa shape index (κ3) is 2.19. The van der Waals surface area contributed by atoms with Gasteiger partial charge in [-0.2, -0.15) is 13.2 Å². The van der Waals surface area contributed by atoms with E-state index in [4.69, 9.17) is 0 Å². The molecule has 1 heterocycles. The number of nitrogens with zero attached hydrogens (tertiary/aromatic N) is 1. The van der Waals surface area contributed by atoms with Crippen molar-refractivity contribution in [2.75, 3.05) is 0 Å². The summed E-state index contributed by atoms with van der Waals surface area (Å²) in [5.41, 5.74) is 0. The number of aliphatic imine (C=N–C) groups is 1. The van der Waals surface area contributed by atoms with Crippen molar-refractivity contribution >= 4 is 22.7 Å². The summed E-state index contributed by atoms with van der Waals surface area (Å²) < 4.78 is 37.6. The minimum atomic E-state index is -4.47. The fraction of sp³-hybridized carbons (Fsp3) is 0.833. The van der Waals surface area contributed by atoms with E-state index in [0.29, 0.717) is 35.1 Å². The fourth-order valence-corrected chi connectivity index (χ4v) is 4.56. The largest absolute Gasteiger partial charge is 0.409 e. The maximum atomic E-state index is 12.5. The molecule has 100 valence electrons. The van der Waals surface area contributed by atoms with E-state index < -0.39 is 17.3 Å². The van der Waals surface area contributed by atoms with Gasteiger partial charge >= 0.3 is 6.18 Å². The van der Waals surface area contributed by atoms with Gasteiger partial charge in [-0.1, -0.05) is 18.2 Å². The number of hydrogen-bond acceptors (Lipinski definition) is 2. The van der Waals surface area contributed by atoms with E-state index in [0.717, 1.165) is 12.3 Å². The summed E-state index contributed by atoms with van der Waals surface area (Å²) in [6.07, 6.45) is 0.898. The Morgan fingerprint density at radius 3 is 2.56 bits per heavy atom. The third-order valence-corrected chi connectivity index (χ3v) is 5.57. The molecule has 18 heavy (non-hydrogen) atoms. The van der Waals surface area contributed by atoms with E-state index in [-0.39, 0.29) is 0 Å². The summed E-state index contributed by atoms with van der Waals surface area (Å²) in [5.74, 6) is 0.847. The van der Waals surface area contributed by atoms with Crippen LogP contribution in [0.15, 0.2) is 4.99 Å². The van der Waals surface area contributed by atoms with Crippen LogP contribution in [0.1, 0.15) is 32.1 Å². The summed E-state index contributed by atoms with van der Waals surface area (Å²) in [7, 11) is 0. The highest BCUT2D eigenvalue weighted by atomic mass is 32.2. The number of carbonyl (C=O) groups excluding carboxylic acids is 1. The van der Waals surface area contributed by atoms with Crippen LogP contribution in [0.3, 0.4) is 0 Å². The summed E-state index contributed by atoms with van der Waals surface area (Å²) in [6.45, 7) is 0. The van der Waals surface area contributed by atoms with E-state index in [1.807, 2.05) is 0 Å². The van der Waals surface area contributed by atoms with Crippen LogP contribution in [0.5, 0.6) is 0 Å². The Morgan fingerprint density at radius 2 is 2.06 bits per heavy atom. The molecule has 1 aliphatic heterocycles. The van der Waals surface area contributed by atoms with E-state index >= 15 is 0 Å². The van der Waals surface area contributed by atoms with E-state index in [1.54, 1.807) is 0 Å². The van der Waals surface area contributed by atoms with Gasteiger partial charge in [-0.15, -0.1) is 0 Å². The maximum absolute atomic E-state index is 12.5. The zero-order chi connectivity index (χ0) is 12.9. The lowest BCUT2D eigenvalue weighted by molar-refractivity contribution is -0.146. The normalized spacial score (nSPS) is 39.5. The lowest BCUT2D eigenvalue weighted by atomic mass is 9.87. The Kier molecular flexibility index (Phi) is 2.95. The molecule has 4 atom stereocenters. The monoisotopic (exact) mass is 277 g/mol. The van der Waals surface area contributed by atoms with Crippen LogP contribution in [0.2, 0.25) is 0 Å². The lowest BCUT2D eigenvalue weighted by Crippen LogP contribution is -2.30. The van der Waals surface area contributed by atoms with Gasteiger partial charge in [0.05, 0.1) is 5.04 Å². The summed E-state index contributed by atoms with van der Waals surface area (Å²) in [4.78, 5) is 14.8. The molecule has 0 N–H and O–H groups in total. The molecular weight excluding hydrogens is 263 g/mol. The molecule has 1 unspecified atom stereocenters. The van der Waals surface area contributed by atoms with Gasteiger partial charge in [-0.25, -0.2) is 4.99 Å². The number of alkyl halides is 3. The Bertz CT molecular complexity index is 407. The molecule has 0 spiro atoms. The van der Waals surface area contributed by atoms with Crippen molar-refractivity contribution in [3.05, 3.63) is 0 Å². The molecule has 0 radical (unpaired) electrons. The van der Waals surface area contributed by atoms with Crippen molar-refractivity contribution < 1.29 is 18.0 Å². The molecule has 3 rings (SSSR count). The SMILES string of the molecule is O=C1N=C(C[C@H]2C[C@@H]3CC[C@H]2C3)SC1C(F)(F)F. The topological polar surface area (TPSA) is 29.4 Å². The van der Waals surface area contributed by atoms with Gasteiger partial charge in [0.15, 0.2) is 5.25 Å². The number of amides is 1. The van der Waals surface area contributed by atoms with E-state index in [2.05, 4.69) is 4.99 Å². The molecule has 3 aliphatic rings. The van der Waals surface area contributed by atoms with Crippen LogP contribution < -0.4 is 0 Å². The van der Waals surface area contributed by atoms with Crippen molar-refractivity contribution in [1.29, 1.82) is 0 Å². The van der Waals surface area contributed by atoms with Crippen molar-refractivity contribution in [3.8, 4) is 0 Å². The lowest BCUT2D eigenvalue weighted by Gasteiger charge is -2.21. The first kappa shape index (κ1) is 12.5. The second-order valence-corrected chi connectivity index (χ2v) is 6.70. The van der Waals surface area contributed by atoms with Gasteiger partial charge in [0.25, 0.3) is 5.91 Å². The van der Waals surface area contributed by atoms with Crippen LogP contribution in [0.25, 0.3) is 0 Å². The first-order chi connectivity index (χ1) is 8.43. The highest BCUT2D eigenvalue weighted by molar-refractivity contribution is 8.15. The minimum absolute atomic E-state index is 0.403. The van der Waals surface area contributed by atoms with Crippen molar-refractivity contribution in [1.82, 2.24) is 0 Å². The first-order valence-corrected chi connectivity index (χ1v) is 7.16. The van der Waals surface area contributed by atoms with Crippen LogP contribution in [-0.2, 0) is 4.79 Å². The molecule has 2 aliphatic carbocycles. The molecule has 2 bridgehead atoms. The predicted molar refractivity (Wildman–Crippen MR) is 63.4 cm³/mol. The predicted octanol–water partition coefficient (Wildman–Crippen LogP) is 3.42. The van der Waals surface area contributed by atoms with E-state index in [1.165, 1.54) is 19.3 Å². The molecule has 0 saturated heterocycles. The standard InChI is InChI=1S/C12H14F3NOS/c13-12(14,15)10-11(17)16-9(18-10)5-8-4-6-1-2-7(8)3-6/h6-8,10H,1-5H2/t6-,7+,8-,10?/m1/s1. The Balaban J connectivity index is 1.62. The second-order valence-electron chi connectivity index (χ2n) is 5.52. The summed E-state index contributed by atoms with van der Waals surface area (Å²) in [5, 5.41) is -1.55. The van der Waals surface area contributed by atoms with Gasteiger partial charge in [0, 0.05) is 0 Å². The van der Waals surface area contributed by atoms with Gasteiger partial charge in [-0.05, 0) is 43.4 Å². The first-order valence-electron chi connectivity index (χ1n) is 6.28. The molecule has 2 fully saturated rings. The smallest absolute Gasteiger partial charge is 0.271 e. The van der Waals surface area contributed by atoms with Gasteiger partial charge in [0.1, 0.15) is 0 Å². The zero-order valence-electron chi connectivity index (χ0n) is 9.74. The summed E-state index contributed by atoms with van der Waals surface area (Å²) >= 11 is 0.615. The highest BCUT2D eigenvalue weighted by Crippen LogP contribution is 2.51. The third-order valence-electron chi connectivity index (χ3n) is 4.33. The van der Waals surface area contributed by atoms with Gasteiger partial charge in [-0.3, -0.25) is 4.79 Å². The van der Waals surface area contributed by atoms with Crippen LogP contribution in [0, 0.1) is 17.8 Å². The molecule has 2 nitrogen and oxygen atoms in total. The minimum Gasteiger partial charge on any atom is -0.271 e. The highest BCUT2D eigenvalue weighted by Gasteiger charge is 2.50. The van der Waals surface area contributed by atoms with Gasteiger partial charge in [0.2, 0.25) is 0 Å². The average Bonchev–Trinajstić information content (AvgIpc) is 2.92. The quantitative estimate of drug-likeness (QED) is 0.774. The fourth-order valence-electron chi connectivity index (χ4n) is 3.55.